The summed E-state index contributed by atoms with van der Waals surface area (Å²) in [6, 6.07) is 7.76. The van der Waals surface area contributed by atoms with Gasteiger partial charge in [0.1, 0.15) is 12.4 Å². The summed E-state index contributed by atoms with van der Waals surface area (Å²) < 4.78 is 30.0. The maximum Gasteiger partial charge on any atom is 0.211 e. The molecule has 1 aliphatic rings. The highest BCUT2D eigenvalue weighted by atomic mass is 32.2. The molecule has 0 spiro atoms. The lowest BCUT2D eigenvalue weighted by atomic mass is 10.2. The number of rotatable bonds is 6. The van der Waals surface area contributed by atoms with Crippen LogP contribution in [-0.4, -0.2) is 63.2 Å². The van der Waals surface area contributed by atoms with E-state index in [-0.39, 0.29) is 0 Å². The number of sulfonamides is 1. The van der Waals surface area contributed by atoms with Crippen LogP contribution in [0.2, 0.25) is 0 Å². The fourth-order valence-electron chi connectivity index (χ4n) is 2.30. The summed E-state index contributed by atoms with van der Waals surface area (Å²) in [5.74, 6) is 0.835. The second-order valence-electron chi connectivity index (χ2n) is 5.20. The summed E-state index contributed by atoms with van der Waals surface area (Å²) in [4.78, 5) is 2.22. The zero-order valence-electron chi connectivity index (χ0n) is 12.4. The molecule has 0 saturated carbocycles. The fourth-order valence-corrected chi connectivity index (χ4v) is 3.13. The van der Waals surface area contributed by atoms with E-state index in [0.29, 0.717) is 26.2 Å². The van der Waals surface area contributed by atoms with Crippen LogP contribution in [0.1, 0.15) is 5.56 Å². The SMILES string of the molecule is CS(=O)(=O)N1CCN(CCOc2ccc(CN)cc2)CC1. The van der Waals surface area contributed by atoms with Gasteiger partial charge >= 0.3 is 0 Å². The Kier molecular flexibility index (Phi) is 5.58. The average Bonchev–Trinajstić information content (AvgIpc) is 2.47. The minimum Gasteiger partial charge on any atom is -0.492 e. The van der Waals surface area contributed by atoms with E-state index >= 15 is 0 Å². The molecule has 1 aliphatic heterocycles. The number of nitrogens with two attached hydrogens (primary N) is 1. The van der Waals surface area contributed by atoms with Crippen molar-refractivity contribution in [1.82, 2.24) is 9.21 Å². The number of piperazine rings is 1. The van der Waals surface area contributed by atoms with Gasteiger partial charge in [0.15, 0.2) is 0 Å². The van der Waals surface area contributed by atoms with Crippen molar-refractivity contribution < 1.29 is 13.2 Å². The maximum absolute atomic E-state index is 11.4. The van der Waals surface area contributed by atoms with E-state index in [1.54, 1.807) is 0 Å². The van der Waals surface area contributed by atoms with Crippen LogP contribution in [0.25, 0.3) is 0 Å². The first-order chi connectivity index (χ1) is 9.99. The molecule has 1 saturated heterocycles. The molecule has 0 aliphatic carbocycles. The Morgan fingerprint density at radius 1 is 1.14 bits per heavy atom. The van der Waals surface area contributed by atoms with Crippen molar-refractivity contribution in [2.45, 2.75) is 6.54 Å². The minimum absolute atomic E-state index is 0.533. The van der Waals surface area contributed by atoms with Crippen LogP contribution in [0.4, 0.5) is 0 Å². The summed E-state index contributed by atoms with van der Waals surface area (Å²) in [5, 5.41) is 0. The van der Waals surface area contributed by atoms with Gasteiger partial charge in [-0.1, -0.05) is 12.1 Å². The molecule has 2 rings (SSSR count). The molecule has 21 heavy (non-hydrogen) atoms. The number of ether oxygens (including phenoxy) is 1. The second-order valence-corrected chi connectivity index (χ2v) is 7.18. The van der Waals surface area contributed by atoms with Gasteiger partial charge in [-0.3, -0.25) is 4.90 Å². The third kappa shape index (κ3) is 4.96. The molecule has 0 aromatic heterocycles. The highest BCUT2D eigenvalue weighted by Crippen LogP contribution is 2.12. The van der Waals surface area contributed by atoms with Crippen molar-refractivity contribution in [1.29, 1.82) is 0 Å². The lowest BCUT2D eigenvalue weighted by molar-refractivity contribution is 0.159. The van der Waals surface area contributed by atoms with Gasteiger partial charge in [0.2, 0.25) is 10.0 Å². The van der Waals surface area contributed by atoms with Gasteiger partial charge in [0.25, 0.3) is 0 Å². The summed E-state index contributed by atoms with van der Waals surface area (Å²) >= 11 is 0. The van der Waals surface area contributed by atoms with E-state index in [0.717, 1.165) is 30.9 Å². The summed E-state index contributed by atoms with van der Waals surface area (Å²) in [5.41, 5.74) is 6.63. The smallest absolute Gasteiger partial charge is 0.211 e. The van der Waals surface area contributed by atoms with E-state index in [9.17, 15) is 8.42 Å². The van der Waals surface area contributed by atoms with Gasteiger partial charge in [-0.15, -0.1) is 0 Å². The Morgan fingerprint density at radius 2 is 1.76 bits per heavy atom. The predicted molar refractivity (Wildman–Crippen MR) is 82.7 cm³/mol. The standard InChI is InChI=1S/C14H23N3O3S/c1-21(18,19)17-8-6-16(7-9-17)10-11-20-14-4-2-13(12-15)3-5-14/h2-5H,6-12,15H2,1H3. The van der Waals surface area contributed by atoms with Crippen LogP contribution in [0.3, 0.4) is 0 Å². The fraction of sp³-hybridized carbons (Fsp3) is 0.571. The molecule has 2 N–H and O–H groups in total. The maximum atomic E-state index is 11.4. The van der Waals surface area contributed by atoms with Crippen LogP contribution >= 0.6 is 0 Å². The largest absolute Gasteiger partial charge is 0.492 e. The molecule has 0 amide bonds. The molecule has 0 unspecified atom stereocenters. The lowest BCUT2D eigenvalue weighted by Gasteiger charge is -2.33. The summed E-state index contributed by atoms with van der Waals surface area (Å²) in [7, 11) is -3.05. The van der Waals surface area contributed by atoms with E-state index in [2.05, 4.69) is 4.90 Å². The molecule has 1 aromatic rings. The number of nitrogens with zero attached hydrogens (tertiary/aromatic N) is 2. The highest BCUT2D eigenvalue weighted by molar-refractivity contribution is 7.88. The predicted octanol–water partition coefficient (Wildman–Crippen LogP) is 0.101. The normalized spacial score (nSPS) is 17.8. The van der Waals surface area contributed by atoms with Crippen LogP contribution in [0, 0.1) is 0 Å². The lowest BCUT2D eigenvalue weighted by Crippen LogP contribution is -2.49. The molecule has 1 heterocycles. The van der Waals surface area contributed by atoms with Gasteiger partial charge in [-0.25, -0.2) is 8.42 Å². The molecule has 0 atom stereocenters. The molecular weight excluding hydrogens is 290 g/mol. The molecule has 1 fully saturated rings. The van der Waals surface area contributed by atoms with Crippen molar-refractivity contribution in [2.24, 2.45) is 5.73 Å². The summed E-state index contributed by atoms with van der Waals surface area (Å²) in [6.07, 6.45) is 1.26. The van der Waals surface area contributed by atoms with Crippen molar-refractivity contribution in [2.75, 3.05) is 45.6 Å². The molecule has 0 bridgehead atoms. The van der Waals surface area contributed by atoms with E-state index in [4.69, 9.17) is 10.5 Å². The van der Waals surface area contributed by atoms with Gasteiger partial charge in [-0.2, -0.15) is 4.31 Å². The van der Waals surface area contributed by atoms with Gasteiger partial charge in [0.05, 0.1) is 6.26 Å². The Bertz CT molecular complexity index is 537. The number of hydrogen-bond donors (Lipinski definition) is 1. The van der Waals surface area contributed by atoms with Gasteiger partial charge in [0, 0.05) is 39.3 Å². The Balaban J connectivity index is 1.70. The van der Waals surface area contributed by atoms with Crippen LogP contribution in [0.5, 0.6) is 5.75 Å². The zero-order valence-corrected chi connectivity index (χ0v) is 13.2. The number of benzene rings is 1. The van der Waals surface area contributed by atoms with Gasteiger partial charge in [-0.05, 0) is 17.7 Å². The Hall–Kier alpha value is -1.15. The van der Waals surface area contributed by atoms with E-state index < -0.39 is 10.0 Å². The van der Waals surface area contributed by atoms with Crippen LogP contribution < -0.4 is 10.5 Å². The monoisotopic (exact) mass is 313 g/mol. The zero-order chi connectivity index (χ0) is 15.3. The molecule has 0 radical (unpaired) electrons. The molecule has 1 aromatic carbocycles. The average molecular weight is 313 g/mol. The Morgan fingerprint density at radius 3 is 2.29 bits per heavy atom. The van der Waals surface area contributed by atoms with E-state index in [1.807, 2.05) is 24.3 Å². The first kappa shape index (κ1) is 16.2. The third-order valence-corrected chi connectivity index (χ3v) is 4.94. The number of hydrogen-bond acceptors (Lipinski definition) is 5. The van der Waals surface area contributed by atoms with Crippen LogP contribution in [-0.2, 0) is 16.6 Å². The van der Waals surface area contributed by atoms with Crippen molar-refractivity contribution in [3.8, 4) is 5.75 Å². The molecule has 6 nitrogen and oxygen atoms in total. The molecule has 7 heteroatoms. The Labute approximate surface area is 126 Å². The third-order valence-electron chi connectivity index (χ3n) is 3.64. The highest BCUT2D eigenvalue weighted by Gasteiger charge is 2.22. The topological polar surface area (TPSA) is 75.9 Å². The first-order valence-electron chi connectivity index (χ1n) is 7.08. The van der Waals surface area contributed by atoms with E-state index in [1.165, 1.54) is 10.6 Å². The quantitative estimate of drug-likeness (QED) is 0.806. The van der Waals surface area contributed by atoms with Gasteiger partial charge < -0.3 is 10.5 Å². The minimum atomic E-state index is -3.05. The second kappa shape index (κ2) is 7.22. The van der Waals surface area contributed by atoms with Crippen molar-refractivity contribution in [3.05, 3.63) is 29.8 Å². The molecular formula is C14H23N3O3S. The summed E-state index contributed by atoms with van der Waals surface area (Å²) in [6.45, 7) is 4.56. The van der Waals surface area contributed by atoms with Crippen LogP contribution in [0.15, 0.2) is 24.3 Å². The molecule has 118 valence electrons. The first-order valence-corrected chi connectivity index (χ1v) is 8.93. The van der Waals surface area contributed by atoms with Crippen molar-refractivity contribution >= 4 is 10.0 Å². The van der Waals surface area contributed by atoms with Crippen molar-refractivity contribution in [3.63, 3.8) is 0 Å².